The molecule has 0 amide bonds. The summed E-state index contributed by atoms with van der Waals surface area (Å²) in [4.78, 5) is 10.4. The molecule has 1 fully saturated rings. The average molecular weight is 312 g/mol. The molecule has 0 unspecified atom stereocenters. The van der Waals surface area contributed by atoms with Crippen molar-refractivity contribution in [1.82, 2.24) is 0 Å². The highest BCUT2D eigenvalue weighted by atomic mass is 16.7. The van der Waals surface area contributed by atoms with Gasteiger partial charge < -0.3 is 50.0 Å². The Balaban J connectivity index is 2.76. The summed E-state index contributed by atoms with van der Waals surface area (Å²) >= 11 is 0. The fraction of sp³-hybridized carbons (Fsp3) is 0.909. The maximum atomic E-state index is 10.4. The lowest BCUT2D eigenvalue weighted by atomic mass is 9.99. The van der Waals surface area contributed by atoms with E-state index in [4.69, 9.17) is 19.7 Å². The molecule has 1 rings (SSSR count). The van der Waals surface area contributed by atoms with Gasteiger partial charge >= 0.3 is 0 Å². The molecule has 1 aliphatic heterocycles. The number of carbonyl (C=O) groups excluding carboxylic acids is 1. The monoisotopic (exact) mass is 312 g/mol. The third kappa shape index (κ3) is 4.16. The molecule has 10 heteroatoms. The highest BCUT2D eigenvalue weighted by Crippen LogP contribution is 2.23. The van der Waals surface area contributed by atoms with E-state index in [0.717, 1.165) is 0 Å². The number of carbonyl (C=O) groups is 1. The number of rotatable bonds is 7. The van der Waals surface area contributed by atoms with Gasteiger partial charge in [-0.1, -0.05) is 0 Å². The van der Waals surface area contributed by atoms with Gasteiger partial charge in [0.1, 0.15) is 42.7 Å². The molecule has 0 radical (unpaired) electrons. The first-order valence-electron chi connectivity index (χ1n) is 6.25. The van der Waals surface area contributed by atoms with Crippen LogP contribution in [0.15, 0.2) is 0 Å². The van der Waals surface area contributed by atoms with Gasteiger partial charge in [0.15, 0.2) is 12.6 Å². The number of aldehydes is 1. The summed E-state index contributed by atoms with van der Waals surface area (Å²) in [6.45, 7) is -1.49. The Morgan fingerprint density at radius 3 is 2.19 bits per heavy atom. The number of aliphatic hydroxyl groups excluding tert-OH is 7. The van der Waals surface area contributed by atoms with E-state index in [-0.39, 0.29) is 6.29 Å². The van der Waals surface area contributed by atoms with E-state index in [0.29, 0.717) is 0 Å². The average Bonchev–Trinajstić information content (AvgIpc) is 2.50. The predicted molar refractivity (Wildman–Crippen MR) is 63.8 cm³/mol. The Morgan fingerprint density at radius 2 is 1.71 bits per heavy atom. The van der Waals surface area contributed by atoms with Gasteiger partial charge in [-0.05, 0) is 0 Å². The van der Waals surface area contributed by atoms with Gasteiger partial charge in [-0.2, -0.15) is 0 Å². The molecule has 7 N–H and O–H groups in total. The first kappa shape index (κ1) is 18.4. The molecule has 1 aliphatic rings. The number of hydrogen-bond acceptors (Lipinski definition) is 10. The molecule has 1 saturated heterocycles. The van der Waals surface area contributed by atoms with Crippen LogP contribution in [0, 0.1) is 0 Å². The minimum Gasteiger partial charge on any atom is -0.394 e. The standard InChI is InChI=1S/C11H20O10/c12-1-4(15)7(16)5(2-13)20-11-10(19)9(18)8(17)6(3-14)21-11/h1,4-11,13-19H,2-3H2/t4-,5+,6+,7+,8+,9-,10+,11-/m0/s1. The van der Waals surface area contributed by atoms with Crippen LogP contribution in [0.4, 0.5) is 0 Å². The lowest BCUT2D eigenvalue weighted by Crippen LogP contribution is -2.60. The largest absolute Gasteiger partial charge is 0.394 e. The van der Waals surface area contributed by atoms with Crippen LogP contribution in [0.3, 0.4) is 0 Å². The van der Waals surface area contributed by atoms with Crippen LogP contribution < -0.4 is 0 Å². The van der Waals surface area contributed by atoms with Gasteiger partial charge in [0, 0.05) is 0 Å². The van der Waals surface area contributed by atoms with Gasteiger partial charge in [0.05, 0.1) is 13.2 Å². The van der Waals surface area contributed by atoms with Crippen LogP contribution in [0.5, 0.6) is 0 Å². The second kappa shape index (κ2) is 8.08. The Kier molecular flexibility index (Phi) is 7.06. The van der Waals surface area contributed by atoms with Crippen LogP contribution in [0.25, 0.3) is 0 Å². The quantitative estimate of drug-likeness (QED) is 0.225. The van der Waals surface area contributed by atoms with Gasteiger partial charge in [-0.25, -0.2) is 0 Å². The molecule has 0 aromatic rings. The van der Waals surface area contributed by atoms with Crippen molar-refractivity contribution >= 4 is 6.29 Å². The van der Waals surface area contributed by atoms with E-state index < -0.39 is 62.2 Å². The SMILES string of the molecule is O=C[C@H](O)[C@@H](O)[C@@H](CO)O[C@H]1O[C@H](CO)[C@@H](O)[C@H](O)[C@H]1O. The van der Waals surface area contributed by atoms with E-state index in [9.17, 15) is 30.3 Å². The lowest BCUT2D eigenvalue weighted by Gasteiger charge is -2.41. The first-order valence-corrected chi connectivity index (χ1v) is 6.25. The first-order chi connectivity index (χ1) is 9.87. The minimum atomic E-state index is -1.83. The molecule has 0 spiro atoms. The normalized spacial score (nSPS) is 37.8. The second-order valence-corrected chi connectivity index (χ2v) is 4.67. The van der Waals surface area contributed by atoms with Crippen molar-refractivity contribution in [1.29, 1.82) is 0 Å². The fourth-order valence-corrected chi connectivity index (χ4v) is 1.88. The van der Waals surface area contributed by atoms with Gasteiger partial charge in [0.2, 0.25) is 0 Å². The van der Waals surface area contributed by atoms with E-state index in [1.165, 1.54) is 0 Å². The van der Waals surface area contributed by atoms with Crippen LogP contribution in [-0.4, -0.2) is 104 Å². The Bertz CT molecular complexity index is 324. The Hall–Kier alpha value is -0.690. The Morgan fingerprint density at radius 1 is 1.10 bits per heavy atom. The van der Waals surface area contributed by atoms with Gasteiger partial charge in [0.25, 0.3) is 0 Å². The summed E-state index contributed by atoms with van der Waals surface area (Å²) < 4.78 is 10.0. The molecule has 8 atom stereocenters. The topological polar surface area (TPSA) is 177 Å². The molecule has 21 heavy (non-hydrogen) atoms. The van der Waals surface area contributed by atoms with Gasteiger partial charge in [-0.15, -0.1) is 0 Å². The molecule has 10 nitrogen and oxygen atoms in total. The third-order valence-electron chi connectivity index (χ3n) is 3.21. The summed E-state index contributed by atoms with van der Waals surface area (Å²) in [5.41, 5.74) is 0. The van der Waals surface area contributed by atoms with Crippen LogP contribution in [-0.2, 0) is 14.3 Å². The molecule has 0 aliphatic carbocycles. The van der Waals surface area contributed by atoms with Crippen molar-refractivity contribution < 1.29 is 50.0 Å². The van der Waals surface area contributed by atoms with Crippen molar-refractivity contribution in [3.63, 3.8) is 0 Å². The van der Waals surface area contributed by atoms with E-state index >= 15 is 0 Å². The van der Waals surface area contributed by atoms with Gasteiger partial charge in [-0.3, -0.25) is 0 Å². The van der Waals surface area contributed by atoms with Crippen molar-refractivity contribution in [3.8, 4) is 0 Å². The van der Waals surface area contributed by atoms with Crippen LogP contribution >= 0.6 is 0 Å². The molecular weight excluding hydrogens is 292 g/mol. The lowest BCUT2D eigenvalue weighted by molar-refractivity contribution is -0.320. The third-order valence-corrected chi connectivity index (χ3v) is 3.21. The minimum absolute atomic E-state index is 0.0317. The molecule has 0 saturated carbocycles. The zero-order chi connectivity index (χ0) is 16.2. The second-order valence-electron chi connectivity index (χ2n) is 4.67. The summed E-state index contributed by atoms with van der Waals surface area (Å²) in [7, 11) is 0. The molecule has 1 heterocycles. The van der Waals surface area contributed by atoms with Crippen molar-refractivity contribution in [2.45, 2.75) is 49.0 Å². The molecule has 0 aromatic carbocycles. The van der Waals surface area contributed by atoms with E-state index in [2.05, 4.69) is 0 Å². The maximum Gasteiger partial charge on any atom is 0.187 e. The highest BCUT2D eigenvalue weighted by molar-refractivity contribution is 5.56. The Labute approximate surface area is 119 Å². The number of aliphatic hydroxyl groups is 7. The highest BCUT2D eigenvalue weighted by Gasteiger charge is 2.45. The van der Waals surface area contributed by atoms with Crippen molar-refractivity contribution in [3.05, 3.63) is 0 Å². The van der Waals surface area contributed by atoms with E-state index in [1.807, 2.05) is 0 Å². The zero-order valence-electron chi connectivity index (χ0n) is 11.0. The molecular formula is C11H20O10. The predicted octanol–water partition coefficient (Wildman–Crippen LogP) is -4.92. The van der Waals surface area contributed by atoms with Crippen LogP contribution in [0.2, 0.25) is 0 Å². The van der Waals surface area contributed by atoms with E-state index in [1.54, 1.807) is 0 Å². The summed E-state index contributed by atoms with van der Waals surface area (Å²) in [5.74, 6) is 0. The maximum absolute atomic E-state index is 10.4. The summed E-state index contributed by atoms with van der Waals surface area (Å²) in [6.07, 6.45) is -12.9. The molecule has 0 bridgehead atoms. The summed E-state index contributed by atoms with van der Waals surface area (Å²) in [6, 6.07) is 0. The van der Waals surface area contributed by atoms with Crippen molar-refractivity contribution in [2.24, 2.45) is 0 Å². The number of hydrogen-bond donors (Lipinski definition) is 7. The molecule has 0 aromatic heterocycles. The fourth-order valence-electron chi connectivity index (χ4n) is 1.88. The molecule has 124 valence electrons. The smallest absolute Gasteiger partial charge is 0.187 e. The van der Waals surface area contributed by atoms with Crippen molar-refractivity contribution in [2.75, 3.05) is 13.2 Å². The zero-order valence-corrected chi connectivity index (χ0v) is 11.0. The summed E-state index contributed by atoms with van der Waals surface area (Å²) in [5, 5.41) is 65.6. The van der Waals surface area contributed by atoms with Crippen LogP contribution in [0.1, 0.15) is 0 Å². The number of ether oxygens (including phenoxy) is 2.